The fourth-order valence-electron chi connectivity index (χ4n) is 4.11. The number of hydrogen-bond donors (Lipinski definition) is 3. The van der Waals surface area contributed by atoms with E-state index in [1.165, 1.54) is 6.20 Å². The van der Waals surface area contributed by atoms with E-state index in [1.807, 2.05) is 18.2 Å². The zero-order valence-corrected chi connectivity index (χ0v) is 18.7. The van der Waals surface area contributed by atoms with Gasteiger partial charge in [0.15, 0.2) is 5.65 Å². The number of nitrogens with two attached hydrogens (primary N) is 1. The van der Waals surface area contributed by atoms with Gasteiger partial charge >= 0.3 is 0 Å². The maximum atomic E-state index is 12.0. The van der Waals surface area contributed by atoms with Gasteiger partial charge in [-0.15, -0.1) is 0 Å². The van der Waals surface area contributed by atoms with Gasteiger partial charge in [-0.1, -0.05) is 11.2 Å². The monoisotopic (exact) mass is 450 g/mol. The summed E-state index contributed by atoms with van der Waals surface area (Å²) in [6, 6.07) is 10.8. The Balaban J connectivity index is 1.48. The average molecular weight is 451 g/mol. The minimum Gasteiger partial charge on any atom is -0.616 e. The number of nitrogens with zero attached hydrogens (tertiary/aromatic N) is 5. The van der Waals surface area contributed by atoms with Gasteiger partial charge in [0.05, 0.1) is 12.5 Å². The molecule has 3 aromatic rings. The molecule has 5 rings (SSSR count). The summed E-state index contributed by atoms with van der Waals surface area (Å²) in [7, 11) is 0. The highest BCUT2D eigenvalue weighted by Crippen LogP contribution is 2.31. The third kappa shape index (κ3) is 4.32. The van der Waals surface area contributed by atoms with E-state index in [-0.39, 0.29) is 6.04 Å². The molecule has 1 saturated carbocycles. The first-order valence-electron chi connectivity index (χ1n) is 10.8. The number of benzene rings is 1. The number of fused-ring (bicyclic) bond motifs is 1. The Morgan fingerprint density at radius 2 is 2.16 bits per heavy atom. The zero-order valence-electron chi connectivity index (χ0n) is 17.9. The summed E-state index contributed by atoms with van der Waals surface area (Å²) < 4.78 is 13.7. The van der Waals surface area contributed by atoms with Crippen molar-refractivity contribution in [2.45, 2.75) is 37.1 Å². The summed E-state index contributed by atoms with van der Waals surface area (Å²) in [4.78, 5) is 6.90. The SMILES string of the molecule is C[S+]([O-])Cc1cc(Nc2cc(NC3CC3)n3ncc(C#N)c3n2)ccc1N1CC[C@H](N)C1. The van der Waals surface area contributed by atoms with Crippen molar-refractivity contribution in [1.29, 1.82) is 5.26 Å². The molecule has 0 radical (unpaired) electrons. The van der Waals surface area contributed by atoms with Gasteiger partial charge in [0.1, 0.15) is 29.0 Å². The molecule has 1 unspecified atom stereocenters. The molecular formula is C22H26N8OS. The van der Waals surface area contributed by atoms with Crippen LogP contribution in [0.15, 0.2) is 30.5 Å². The topological polar surface area (TPSA) is 130 Å². The van der Waals surface area contributed by atoms with Crippen LogP contribution in [0.2, 0.25) is 0 Å². The molecule has 0 amide bonds. The predicted molar refractivity (Wildman–Crippen MR) is 127 cm³/mol. The van der Waals surface area contributed by atoms with Gasteiger partial charge in [-0.25, -0.2) is 4.98 Å². The van der Waals surface area contributed by atoms with Gasteiger partial charge in [0.2, 0.25) is 0 Å². The number of rotatable bonds is 7. The number of aromatic nitrogens is 3. The Morgan fingerprint density at radius 3 is 2.84 bits per heavy atom. The lowest BCUT2D eigenvalue weighted by Gasteiger charge is -2.23. The normalized spacial score (nSPS) is 19.2. The third-order valence-corrected chi connectivity index (χ3v) is 6.52. The Hall–Kier alpha value is -3.00. The Kier molecular flexibility index (Phi) is 5.55. The lowest BCUT2D eigenvalue weighted by molar-refractivity contribution is 0.600. The zero-order chi connectivity index (χ0) is 22.2. The highest BCUT2D eigenvalue weighted by Gasteiger charge is 2.24. The largest absolute Gasteiger partial charge is 0.616 e. The Morgan fingerprint density at radius 1 is 1.31 bits per heavy atom. The molecule has 0 spiro atoms. The van der Waals surface area contributed by atoms with E-state index in [2.05, 4.69) is 37.8 Å². The first kappa shape index (κ1) is 20.9. The third-order valence-electron chi connectivity index (χ3n) is 5.80. The van der Waals surface area contributed by atoms with Crippen LogP contribution in [0, 0.1) is 11.3 Å². The van der Waals surface area contributed by atoms with Crippen molar-refractivity contribution in [2.75, 3.05) is 34.9 Å². The van der Waals surface area contributed by atoms with Gasteiger partial charge in [-0.2, -0.15) is 14.9 Å². The van der Waals surface area contributed by atoms with Crippen LogP contribution in [0.3, 0.4) is 0 Å². The number of nitrogens with one attached hydrogen (secondary N) is 2. The van der Waals surface area contributed by atoms with Crippen LogP contribution in [-0.2, 0) is 16.9 Å². The molecule has 2 fully saturated rings. The second-order valence-electron chi connectivity index (χ2n) is 8.53. The van der Waals surface area contributed by atoms with Crippen LogP contribution in [0.25, 0.3) is 5.65 Å². The smallest absolute Gasteiger partial charge is 0.177 e. The standard InChI is InChI=1S/C22H26N8OS/c1-32(31)13-14-8-18(4-5-19(14)29-7-6-16(24)12-29)26-20-9-21(27-17-2-3-17)30-22(28-20)15(10-23)11-25-30/h4-5,8-9,11,16-17,27H,2-3,6-7,12-13,24H2,1H3,(H,26,28)/t16-,32?/m0/s1. The van der Waals surface area contributed by atoms with Crippen molar-refractivity contribution < 1.29 is 4.55 Å². The molecule has 166 valence electrons. The first-order valence-corrected chi connectivity index (χ1v) is 12.5. The van der Waals surface area contributed by atoms with Crippen LogP contribution in [-0.4, -0.2) is 50.6 Å². The molecule has 0 bridgehead atoms. The van der Waals surface area contributed by atoms with Gasteiger partial charge < -0.3 is 25.8 Å². The van der Waals surface area contributed by atoms with Crippen LogP contribution < -0.4 is 21.3 Å². The predicted octanol–water partition coefficient (Wildman–Crippen LogP) is 2.33. The molecule has 2 aromatic heterocycles. The van der Waals surface area contributed by atoms with E-state index in [4.69, 9.17) is 5.73 Å². The van der Waals surface area contributed by atoms with Gasteiger partial charge in [-0.05, 0) is 37.5 Å². The summed E-state index contributed by atoms with van der Waals surface area (Å²) >= 11 is -0.970. The van der Waals surface area contributed by atoms with Crippen molar-refractivity contribution in [3.05, 3.63) is 41.6 Å². The maximum absolute atomic E-state index is 12.0. The summed E-state index contributed by atoms with van der Waals surface area (Å²) in [5.74, 6) is 1.90. The summed E-state index contributed by atoms with van der Waals surface area (Å²) in [6.07, 6.45) is 6.46. The number of nitriles is 1. The Labute approximate surface area is 189 Å². The molecule has 9 nitrogen and oxygen atoms in total. The molecule has 1 saturated heterocycles. The lowest BCUT2D eigenvalue weighted by atomic mass is 10.1. The molecule has 2 atom stereocenters. The fraction of sp³-hybridized carbons (Fsp3) is 0.409. The molecular weight excluding hydrogens is 424 g/mol. The lowest BCUT2D eigenvalue weighted by Crippen LogP contribution is -2.27. The van der Waals surface area contributed by atoms with Gasteiger partial charge in [0.25, 0.3) is 0 Å². The Bertz CT molecular complexity index is 1180. The summed E-state index contributed by atoms with van der Waals surface area (Å²) in [6.45, 7) is 1.71. The molecule has 32 heavy (non-hydrogen) atoms. The second-order valence-corrected chi connectivity index (χ2v) is 9.97. The minimum atomic E-state index is -0.970. The van der Waals surface area contributed by atoms with Crippen molar-refractivity contribution in [2.24, 2.45) is 5.73 Å². The molecule has 1 aliphatic carbocycles. The van der Waals surface area contributed by atoms with E-state index in [1.54, 1.807) is 10.8 Å². The molecule has 1 aliphatic heterocycles. The van der Waals surface area contributed by atoms with Crippen LogP contribution in [0.5, 0.6) is 0 Å². The fourth-order valence-corrected chi connectivity index (χ4v) is 4.77. The second kappa shape index (κ2) is 8.50. The molecule has 2 aliphatic rings. The molecule has 1 aromatic carbocycles. The van der Waals surface area contributed by atoms with Crippen molar-refractivity contribution in [3.63, 3.8) is 0 Å². The summed E-state index contributed by atoms with van der Waals surface area (Å²) in [5.41, 5.74) is 9.99. The van der Waals surface area contributed by atoms with Crippen molar-refractivity contribution in [1.82, 2.24) is 14.6 Å². The minimum absolute atomic E-state index is 0.172. The number of hydrogen-bond acceptors (Lipinski definition) is 8. The van der Waals surface area contributed by atoms with E-state index in [9.17, 15) is 9.81 Å². The number of anilines is 4. The van der Waals surface area contributed by atoms with E-state index in [0.29, 0.717) is 28.8 Å². The summed E-state index contributed by atoms with van der Waals surface area (Å²) in [5, 5.41) is 20.6. The molecule has 4 N–H and O–H groups in total. The molecule has 3 heterocycles. The van der Waals surface area contributed by atoms with Gasteiger partial charge in [0, 0.05) is 48.2 Å². The van der Waals surface area contributed by atoms with E-state index >= 15 is 0 Å². The van der Waals surface area contributed by atoms with E-state index in [0.717, 1.165) is 55.1 Å². The highest BCUT2D eigenvalue weighted by molar-refractivity contribution is 7.89. The van der Waals surface area contributed by atoms with Crippen molar-refractivity contribution in [3.8, 4) is 6.07 Å². The first-order chi connectivity index (χ1) is 15.5. The van der Waals surface area contributed by atoms with Crippen LogP contribution >= 0.6 is 0 Å². The average Bonchev–Trinajstić information content (AvgIpc) is 3.30. The quantitative estimate of drug-likeness (QED) is 0.468. The molecule has 10 heteroatoms. The highest BCUT2D eigenvalue weighted by atomic mass is 32.2. The van der Waals surface area contributed by atoms with E-state index < -0.39 is 11.2 Å². The van der Waals surface area contributed by atoms with Gasteiger partial charge in [-0.3, -0.25) is 0 Å². The van der Waals surface area contributed by atoms with Crippen molar-refractivity contribution >= 4 is 39.8 Å². The van der Waals surface area contributed by atoms with Crippen LogP contribution in [0.4, 0.5) is 23.0 Å². The maximum Gasteiger partial charge on any atom is 0.177 e. The van der Waals surface area contributed by atoms with Crippen LogP contribution in [0.1, 0.15) is 30.4 Å².